The van der Waals surface area contributed by atoms with Crippen molar-refractivity contribution in [2.75, 3.05) is 10.6 Å². The molecular formula is C21H14ClF4N5OS. The van der Waals surface area contributed by atoms with Crippen LogP contribution in [0.1, 0.15) is 21.5 Å². The van der Waals surface area contributed by atoms with Crippen molar-refractivity contribution in [3.05, 3.63) is 76.2 Å². The van der Waals surface area contributed by atoms with E-state index in [9.17, 15) is 22.4 Å². The SMILES string of the molecule is NCc1ccc(Cl)c(C(=O)Nc2ccnc3c(Nc4cc(C(F)(F)F)ccc4F)nsc23)c1. The van der Waals surface area contributed by atoms with E-state index < -0.39 is 29.2 Å². The highest BCUT2D eigenvalue weighted by Crippen LogP contribution is 2.36. The largest absolute Gasteiger partial charge is 0.416 e. The third kappa shape index (κ3) is 4.75. The van der Waals surface area contributed by atoms with Crippen LogP contribution in [0.25, 0.3) is 10.2 Å². The van der Waals surface area contributed by atoms with Gasteiger partial charge in [0.25, 0.3) is 5.91 Å². The molecule has 2 heterocycles. The molecule has 0 unspecified atom stereocenters. The van der Waals surface area contributed by atoms with Gasteiger partial charge in [0.2, 0.25) is 0 Å². The zero-order valence-electron chi connectivity index (χ0n) is 16.5. The number of carbonyl (C=O) groups excluding carboxylic acids is 1. The van der Waals surface area contributed by atoms with E-state index in [0.29, 0.717) is 22.5 Å². The van der Waals surface area contributed by atoms with Gasteiger partial charge in [0.1, 0.15) is 11.3 Å². The summed E-state index contributed by atoms with van der Waals surface area (Å²) in [4.78, 5) is 16.9. The van der Waals surface area contributed by atoms with Crippen molar-refractivity contribution in [1.29, 1.82) is 0 Å². The number of anilines is 3. The lowest BCUT2D eigenvalue weighted by atomic mass is 10.1. The number of rotatable bonds is 5. The number of nitrogens with one attached hydrogen (secondary N) is 2. The zero-order chi connectivity index (χ0) is 23.8. The zero-order valence-corrected chi connectivity index (χ0v) is 18.1. The maximum absolute atomic E-state index is 14.1. The summed E-state index contributed by atoms with van der Waals surface area (Å²) < 4.78 is 57.7. The average Bonchev–Trinajstić information content (AvgIpc) is 3.18. The van der Waals surface area contributed by atoms with E-state index in [1.165, 1.54) is 12.3 Å². The number of aromatic nitrogens is 2. The lowest BCUT2D eigenvalue weighted by Gasteiger charge is -2.11. The Kier molecular flexibility index (Phi) is 6.19. The van der Waals surface area contributed by atoms with Crippen molar-refractivity contribution in [3.8, 4) is 0 Å². The van der Waals surface area contributed by atoms with E-state index >= 15 is 0 Å². The van der Waals surface area contributed by atoms with Gasteiger partial charge >= 0.3 is 6.18 Å². The molecule has 0 saturated heterocycles. The summed E-state index contributed by atoms with van der Waals surface area (Å²) in [5.74, 6) is -1.33. The molecule has 4 N–H and O–H groups in total. The molecule has 0 aliphatic carbocycles. The Morgan fingerprint density at radius 1 is 1.12 bits per heavy atom. The number of nitrogens with zero attached hydrogens (tertiary/aromatic N) is 2. The first kappa shape index (κ1) is 22.9. The fourth-order valence-electron chi connectivity index (χ4n) is 3.01. The molecule has 0 atom stereocenters. The van der Waals surface area contributed by atoms with E-state index in [2.05, 4.69) is 20.0 Å². The summed E-state index contributed by atoms with van der Waals surface area (Å²) in [6.07, 6.45) is -3.25. The van der Waals surface area contributed by atoms with E-state index in [1.807, 2.05) is 0 Å². The number of amides is 1. The maximum Gasteiger partial charge on any atom is 0.416 e. The van der Waals surface area contributed by atoms with Crippen molar-refractivity contribution >= 4 is 56.4 Å². The Balaban J connectivity index is 1.65. The van der Waals surface area contributed by atoms with Crippen LogP contribution in [0.4, 0.5) is 34.8 Å². The van der Waals surface area contributed by atoms with E-state index in [0.717, 1.165) is 23.2 Å². The molecule has 0 fully saturated rings. The lowest BCUT2D eigenvalue weighted by molar-refractivity contribution is -0.137. The second-order valence-electron chi connectivity index (χ2n) is 6.86. The molecule has 2 aromatic heterocycles. The fraction of sp³-hybridized carbons (Fsp3) is 0.0952. The summed E-state index contributed by atoms with van der Waals surface area (Å²) in [6.45, 7) is 0.229. The number of benzene rings is 2. The Morgan fingerprint density at radius 2 is 1.91 bits per heavy atom. The third-order valence-electron chi connectivity index (χ3n) is 4.66. The Labute approximate surface area is 193 Å². The molecule has 2 aromatic carbocycles. The van der Waals surface area contributed by atoms with Crippen LogP contribution in [0, 0.1) is 5.82 Å². The smallest absolute Gasteiger partial charge is 0.335 e. The monoisotopic (exact) mass is 495 g/mol. The summed E-state index contributed by atoms with van der Waals surface area (Å²) >= 11 is 7.07. The number of halogens is 5. The van der Waals surface area contributed by atoms with Crippen LogP contribution in [0.3, 0.4) is 0 Å². The topological polar surface area (TPSA) is 92.9 Å². The standard InChI is InChI=1S/C21H14ClF4N5OS/c22-13-3-1-10(9-27)7-12(13)20(32)30-15-5-6-28-17-18(15)33-31-19(17)29-16-8-11(21(24,25)26)2-4-14(16)23/h1-8H,9,27H2,(H,29,31)(H,28,30,32). The number of pyridine rings is 1. The number of hydrogen-bond donors (Lipinski definition) is 3. The van der Waals surface area contributed by atoms with Gasteiger partial charge in [-0.3, -0.25) is 9.78 Å². The van der Waals surface area contributed by atoms with Crippen molar-refractivity contribution in [3.63, 3.8) is 0 Å². The van der Waals surface area contributed by atoms with Gasteiger partial charge in [-0.25, -0.2) is 4.39 Å². The van der Waals surface area contributed by atoms with Crippen LogP contribution in [-0.2, 0) is 12.7 Å². The van der Waals surface area contributed by atoms with Crippen molar-refractivity contribution < 1.29 is 22.4 Å². The Hall–Kier alpha value is -3.28. The molecule has 0 radical (unpaired) electrons. The number of alkyl halides is 3. The van der Waals surface area contributed by atoms with Crippen molar-refractivity contribution in [2.45, 2.75) is 12.7 Å². The molecule has 33 heavy (non-hydrogen) atoms. The number of fused-ring (bicyclic) bond motifs is 1. The first-order valence-electron chi connectivity index (χ1n) is 9.35. The highest BCUT2D eigenvalue weighted by molar-refractivity contribution is 7.14. The van der Waals surface area contributed by atoms with Gasteiger partial charge in [-0.2, -0.15) is 17.5 Å². The highest BCUT2D eigenvalue weighted by Gasteiger charge is 2.31. The number of nitrogens with two attached hydrogens (primary N) is 1. The second kappa shape index (κ2) is 8.93. The van der Waals surface area contributed by atoms with Gasteiger partial charge in [0.05, 0.1) is 32.2 Å². The van der Waals surface area contributed by atoms with Gasteiger partial charge in [0.15, 0.2) is 5.82 Å². The summed E-state index contributed by atoms with van der Waals surface area (Å²) in [6, 6.07) is 8.41. The maximum atomic E-state index is 14.1. The molecule has 12 heteroatoms. The molecule has 4 aromatic rings. The molecule has 0 aliphatic rings. The molecule has 170 valence electrons. The highest BCUT2D eigenvalue weighted by atomic mass is 35.5. The predicted molar refractivity (Wildman–Crippen MR) is 119 cm³/mol. The average molecular weight is 496 g/mol. The normalized spacial score (nSPS) is 11.6. The number of carbonyl (C=O) groups is 1. The molecule has 1 amide bonds. The molecule has 0 bridgehead atoms. The second-order valence-corrected chi connectivity index (χ2v) is 8.04. The van der Waals surface area contributed by atoms with Gasteiger partial charge in [0, 0.05) is 12.7 Å². The van der Waals surface area contributed by atoms with Crippen LogP contribution >= 0.6 is 23.1 Å². The van der Waals surface area contributed by atoms with Gasteiger partial charge in [-0.05, 0) is 53.5 Å². The van der Waals surface area contributed by atoms with Gasteiger partial charge in [-0.1, -0.05) is 17.7 Å². The summed E-state index contributed by atoms with van der Waals surface area (Å²) in [5, 5.41) is 5.52. The quantitative estimate of drug-likeness (QED) is 0.297. The predicted octanol–water partition coefficient (Wildman–Crippen LogP) is 5.96. The van der Waals surface area contributed by atoms with Crippen LogP contribution in [-0.4, -0.2) is 15.3 Å². The lowest BCUT2D eigenvalue weighted by Crippen LogP contribution is -2.13. The minimum Gasteiger partial charge on any atom is -0.335 e. The number of hydrogen-bond acceptors (Lipinski definition) is 6. The summed E-state index contributed by atoms with van der Waals surface area (Å²) in [5.41, 5.74) is 5.75. The van der Waals surface area contributed by atoms with E-state index in [1.54, 1.807) is 18.2 Å². The first-order valence-corrected chi connectivity index (χ1v) is 10.5. The minimum absolute atomic E-state index is 0.0486. The van der Waals surface area contributed by atoms with Gasteiger partial charge in [-0.15, -0.1) is 0 Å². The molecule has 0 spiro atoms. The van der Waals surface area contributed by atoms with Crippen LogP contribution in [0.5, 0.6) is 0 Å². The molecular weight excluding hydrogens is 482 g/mol. The Morgan fingerprint density at radius 3 is 2.64 bits per heavy atom. The summed E-state index contributed by atoms with van der Waals surface area (Å²) in [7, 11) is 0. The fourth-order valence-corrected chi connectivity index (χ4v) is 3.98. The first-order chi connectivity index (χ1) is 15.7. The molecule has 0 saturated carbocycles. The van der Waals surface area contributed by atoms with Crippen molar-refractivity contribution in [2.24, 2.45) is 5.73 Å². The van der Waals surface area contributed by atoms with Crippen LogP contribution in [0.2, 0.25) is 5.02 Å². The molecule has 4 rings (SSSR count). The minimum atomic E-state index is -4.63. The Bertz CT molecular complexity index is 1360. The van der Waals surface area contributed by atoms with Crippen LogP contribution in [0.15, 0.2) is 48.7 Å². The van der Waals surface area contributed by atoms with E-state index in [-0.39, 0.29) is 28.5 Å². The molecule has 0 aliphatic heterocycles. The van der Waals surface area contributed by atoms with Gasteiger partial charge < -0.3 is 16.4 Å². The third-order valence-corrected chi connectivity index (χ3v) is 5.86. The molecule has 6 nitrogen and oxygen atoms in total. The van der Waals surface area contributed by atoms with Crippen molar-refractivity contribution in [1.82, 2.24) is 9.36 Å². The van der Waals surface area contributed by atoms with Crippen LogP contribution < -0.4 is 16.4 Å². The van der Waals surface area contributed by atoms with E-state index in [4.69, 9.17) is 17.3 Å².